The number of halogens is 5. The van der Waals surface area contributed by atoms with Crippen molar-refractivity contribution in [2.45, 2.75) is 52.3 Å². The Morgan fingerprint density at radius 3 is 2.12 bits per heavy atom. The molecule has 0 aliphatic carbocycles. The zero-order valence-electron chi connectivity index (χ0n) is 14.5. The van der Waals surface area contributed by atoms with Crippen molar-refractivity contribution in [1.29, 1.82) is 0 Å². The van der Waals surface area contributed by atoms with E-state index in [1.165, 1.54) is 4.90 Å². The highest BCUT2D eigenvalue weighted by Gasteiger charge is 2.32. The molecule has 0 unspecified atom stereocenters. The fraction of sp³-hybridized carbons (Fsp3) is 0.933. The number of amides is 1. The first kappa shape index (κ1) is 26.0. The van der Waals surface area contributed by atoms with Crippen molar-refractivity contribution in [1.82, 2.24) is 10.2 Å². The first-order chi connectivity index (χ1) is 9.99. The third kappa shape index (κ3) is 9.91. The smallest absolute Gasteiger partial charge is 0.355 e. The number of hydrogen-bond donors (Lipinski definition) is 2. The molecule has 1 saturated heterocycles. The van der Waals surface area contributed by atoms with Gasteiger partial charge >= 0.3 is 6.18 Å². The summed E-state index contributed by atoms with van der Waals surface area (Å²) in [6, 6.07) is -0.555. The van der Waals surface area contributed by atoms with Crippen molar-refractivity contribution in [2.24, 2.45) is 17.1 Å². The lowest BCUT2D eigenvalue weighted by molar-refractivity contribution is -0.148. The molecule has 0 bridgehead atoms. The summed E-state index contributed by atoms with van der Waals surface area (Å²) < 4.78 is 36.9. The monoisotopic (exact) mass is 395 g/mol. The molecule has 1 atom stereocenters. The second-order valence-corrected chi connectivity index (χ2v) is 7.26. The molecule has 0 aromatic heterocycles. The first-order valence-corrected chi connectivity index (χ1v) is 7.81. The molecule has 4 nitrogen and oxygen atoms in total. The number of piperidine rings is 1. The van der Waals surface area contributed by atoms with Crippen molar-refractivity contribution < 1.29 is 18.0 Å². The van der Waals surface area contributed by atoms with Gasteiger partial charge in [0, 0.05) is 6.54 Å². The molecular weight excluding hydrogens is 366 g/mol. The van der Waals surface area contributed by atoms with Crippen LogP contribution in [0.4, 0.5) is 13.2 Å². The topological polar surface area (TPSA) is 58.4 Å². The van der Waals surface area contributed by atoms with Gasteiger partial charge < -0.3 is 11.1 Å². The van der Waals surface area contributed by atoms with Gasteiger partial charge in [-0.25, -0.2) is 0 Å². The molecule has 9 heteroatoms. The van der Waals surface area contributed by atoms with Gasteiger partial charge in [0.25, 0.3) is 0 Å². The summed E-state index contributed by atoms with van der Waals surface area (Å²) in [7, 11) is 0. The number of likely N-dealkylation sites (tertiary alicyclic amines) is 1. The highest BCUT2D eigenvalue weighted by molar-refractivity contribution is 5.85. The van der Waals surface area contributed by atoms with Crippen LogP contribution >= 0.6 is 24.8 Å². The summed E-state index contributed by atoms with van der Waals surface area (Å²) in [6.07, 6.45) is -1.83. The Bertz CT molecular complexity index is 368. The van der Waals surface area contributed by atoms with Crippen LogP contribution in [0.5, 0.6) is 0 Å². The molecule has 146 valence electrons. The average Bonchev–Trinajstić information content (AvgIpc) is 2.37. The van der Waals surface area contributed by atoms with E-state index in [0.717, 1.165) is 19.3 Å². The minimum absolute atomic E-state index is 0. The van der Waals surface area contributed by atoms with E-state index in [-0.39, 0.29) is 36.1 Å². The summed E-state index contributed by atoms with van der Waals surface area (Å²) in [6.45, 7) is 6.39. The lowest BCUT2D eigenvalue weighted by Crippen LogP contribution is -2.49. The van der Waals surface area contributed by atoms with E-state index >= 15 is 0 Å². The van der Waals surface area contributed by atoms with E-state index < -0.39 is 18.8 Å². The highest BCUT2D eigenvalue weighted by atomic mass is 35.5. The molecule has 0 spiro atoms. The van der Waals surface area contributed by atoms with Gasteiger partial charge in [0.05, 0.1) is 12.6 Å². The van der Waals surface area contributed by atoms with Gasteiger partial charge in [0.15, 0.2) is 0 Å². The number of nitrogens with zero attached hydrogens (tertiary/aromatic N) is 1. The highest BCUT2D eigenvalue weighted by Crippen LogP contribution is 2.24. The Balaban J connectivity index is 0. The number of nitrogens with one attached hydrogen (secondary N) is 1. The Morgan fingerprint density at radius 1 is 1.21 bits per heavy atom. The van der Waals surface area contributed by atoms with Crippen LogP contribution < -0.4 is 11.1 Å². The van der Waals surface area contributed by atoms with Crippen molar-refractivity contribution in [2.75, 3.05) is 26.2 Å². The molecular formula is C15H30Cl2F3N3O. The fourth-order valence-corrected chi connectivity index (χ4v) is 2.59. The zero-order chi connectivity index (χ0) is 17.0. The average molecular weight is 396 g/mol. The maximum absolute atomic E-state index is 12.3. The van der Waals surface area contributed by atoms with Gasteiger partial charge in [-0.1, -0.05) is 20.8 Å². The van der Waals surface area contributed by atoms with Crippen LogP contribution in [0.3, 0.4) is 0 Å². The van der Waals surface area contributed by atoms with Gasteiger partial charge in [-0.2, -0.15) is 13.2 Å². The molecule has 0 saturated carbocycles. The zero-order valence-corrected chi connectivity index (χ0v) is 16.1. The third-order valence-corrected chi connectivity index (χ3v) is 4.18. The van der Waals surface area contributed by atoms with Crippen LogP contribution in [0, 0.1) is 11.3 Å². The Hall–Kier alpha value is -0.240. The molecule has 0 radical (unpaired) electrons. The summed E-state index contributed by atoms with van der Waals surface area (Å²) in [5.74, 6) is 0.206. The SMILES string of the molecule is CC(C)(C)[C@H](N)C(=O)NCCC1CCN(CC(F)(F)F)CC1.Cl.Cl. The molecule has 1 rings (SSSR count). The number of nitrogens with two attached hydrogens (primary N) is 1. The molecule has 1 fully saturated rings. The summed E-state index contributed by atoms with van der Waals surface area (Å²) in [4.78, 5) is 13.3. The number of carbonyl (C=O) groups excluding carboxylic acids is 1. The van der Waals surface area contributed by atoms with E-state index in [1.54, 1.807) is 0 Å². The van der Waals surface area contributed by atoms with E-state index in [9.17, 15) is 18.0 Å². The fourth-order valence-electron chi connectivity index (χ4n) is 2.59. The normalized spacial score (nSPS) is 18.3. The van der Waals surface area contributed by atoms with Crippen molar-refractivity contribution in [3.8, 4) is 0 Å². The van der Waals surface area contributed by atoms with Crippen molar-refractivity contribution in [3.63, 3.8) is 0 Å². The predicted molar refractivity (Wildman–Crippen MR) is 94.8 cm³/mol. The molecule has 1 aliphatic rings. The lowest BCUT2D eigenvalue weighted by Gasteiger charge is -2.32. The molecule has 1 amide bonds. The van der Waals surface area contributed by atoms with Crippen LogP contribution in [0.1, 0.15) is 40.0 Å². The van der Waals surface area contributed by atoms with Gasteiger partial charge in [-0.05, 0) is 43.7 Å². The Labute approximate surface area is 154 Å². The van der Waals surface area contributed by atoms with Crippen LogP contribution in [-0.4, -0.2) is 49.2 Å². The van der Waals surface area contributed by atoms with Crippen LogP contribution in [0.2, 0.25) is 0 Å². The van der Waals surface area contributed by atoms with E-state index in [1.807, 2.05) is 20.8 Å². The maximum atomic E-state index is 12.3. The van der Waals surface area contributed by atoms with E-state index in [4.69, 9.17) is 5.73 Å². The second-order valence-electron chi connectivity index (χ2n) is 7.26. The number of rotatable bonds is 5. The molecule has 1 aliphatic heterocycles. The van der Waals surface area contributed by atoms with Crippen LogP contribution in [-0.2, 0) is 4.79 Å². The van der Waals surface area contributed by atoms with Gasteiger partial charge in [0.2, 0.25) is 5.91 Å². The molecule has 1 heterocycles. The molecule has 0 aromatic rings. The van der Waals surface area contributed by atoms with E-state index in [2.05, 4.69) is 5.32 Å². The Kier molecular flexibility index (Phi) is 11.6. The summed E-state index contributed by atoms with van der Waals surface area (Å²) >= 11 is 0. The number of hydrogen-bond acceptors (Lipinski definition) is 3. The largest absolute Gasteiger partial charge is 0.401 e. The lowest BCUT2D eigenvalue weighted by atomic mass is 9.87. The van der Waals surface area contributed by atoms with Gasteiger partial charge in [-0.15, -0.1) is 24.8 Å². The standard InChI is InChI=1S/C15H28F3N3O.2ClH/c1-14(2,3)12(19)13(22)20-7-4-11-5-8-21(9-6-11)10-15(16,17)18;;/h11-12H,4-10,19H2,1-3H3,(H,20,22);2*1H/t12-;;/m1../s1. The first-order valence-electron chi connectivity index (χ1n) is 7.81. The minimum Gasteiger partial charge on any atom is -0.355 e. The maximum Gasteiger partial charge on any atom is 0.401 e. The van der Waals surface area contributed by atoms with Crippen LogP contribution in [0.25, 0.3) is 0 Å². The van der Waals surface area contributed by atoms with Crippen LogP contribution in [0.15, 0.2) is 0 Å². The second kappa shape index (κ2) is 10.7. The quantitative estimate of drug-likeness (QED) is 0.751. The molecule has 3 N–H and O–H groups in total. The van der Waals surface area contributed by atoms with Crippen molar-refractivity contribution in [3.05, 3.63) is 0 Å². The van der Waals surface area contributed by atoms with Crippen molar-refractivity contribution >= 4 is 30.7 Å². The number of alkyl halides is 3. The number of carbonyl (C=O) groups is 1. The molecule has 0 aromatic carbocycles. The minimum atomic E-state index is -4.12. The summed E-state index contributed by atoms with van der Waals surface area (Å²) in [5.41, 5.74) is 5.58. The predicted octanol–water partition coefficient (Wildman–Crippen LogP) is 2.98. The van der Waals surface area contributed by atoms with Gasteiger partial charge in [-0.3, -0.25) is 9.69 Å². The Morgan fingerprint density at radius 2 is 1.71 bits per heavy atom. The summed E-state index contributed by atoms with van der Waals surface area (Å²) in [5, 5.41) is 2.83. The van der Waals surface area contributed by atoms with E-state index in [0.29, 0.717) is 25.6 Å². The molecule has 24 heavy (non-hydrogen) atoms. The van der Waals surface area contributed by atoms with Gasteiger partial charge in [0.1, 0.15) is 0 Å². The third-order valence-electron chi connectivity index (χ3n) is 4.18.